The molecule has 0 fully saturated rings. The molecule has 1 aromatic heterocycles. The zero-order valence-corrected chi connectivity index (χ0v) is 12.5. The molecule has 2 aromatic carbocycles. The van der Waals surface area contributed by atoms with Gasteiger partial charge in [-0.15, -0.1) is 0 Å². The van der Waals surface area contributed by atoms with Crippen molar-refractivity contribution >= 4 is 22.6 Å². The van der Waals surface area contributed by atoms with Crippen molar-refractivity contribution in [1.29, 1.82) is 0 Å². The Morgan fingerprint density at radius 3 is 2.57 bits per heavy atom. The summed E-state index contributed by atoms with van der Waals surface area (Å²) in [5.74, 6) is 0.106. The number of nitrogens with zero attached hydrogens (tertiary/aromatic N) is 1. The number of aromatic nitrogens is 1. The van der Waals surface area contributed by atoms with Crippen molar-refractivity contribution in [3.05, 3.63) is 64.8 Å². The smallest absolute Gasteiger partial charge is 0.167 e. The molecule has 0 aliphatic rings. The molecule has 0 saturated heterocycles. The zero-order valence-electron chi connectivity index (χ0n) is 11.8. The normalized spacial score (nSPS) is 14.2. The van der Waals surface area contributed by atoms with E-state index in [1.807, 2.05) is 55.5 Å². The van der Waals surface area contributed by atoms with E-state index in [4.69, 9.17) is 21.9 Å². The van der Waals surface area contributed by atoms with Crippen molar-refractivity contribution in [3.63, 3.8) is 0 Å². The Balaban J connectivity index is 1.96. The van der Waals surface area contributed by atoms with Gasteiger partial charge in [-0.1, -0.05) is 41.0 Å². The van der Waals surface area contributed by atoms with E-state index in [0.717, 1.165) is 28.1 Å². The highest BCUT2D eigenvalue weighted by molar-refractivity contribution is 6.30. The van der Waals surface area contributed by atoms with Crippen LogP contribution < -0.4 is 5.73 Å². The molecule has 21 heavy (non-hydrogen) atoms. The molecular formula is C17H17ClN2O. The Hall–Kier alpha value is -1.84. The summed E-state index contributed by atoms with van der Waals surface area (Å²) in [6, 6.07) is 15.7. The minimum atomic E-state index is -0.0193. The standard InChI is InChI=1S/C17H17ClN2O/c1-11(19)15(10-12-6-8-13(18)9-7-12)17-14-4-2-3-5-16(14)21-20-17/h2-9,11,15H,10,19H2,1H3/t11-,15-/m1/s1. The second kappa shape index (κ2) is 5.88. The highest BCUT2D eigenvalue weighted by Crippen LogP contribution is 2.29. The Morgan fingerprint density at radius 1 is 1.14 bits per heavy atom. The molecule has 3 aromatic rings. The van der Waals surface area contributed by atoms with Gasteiger partial charge < -0.3 is 10.3 Å². The number of benzene rings is 2. The first-order valence-electron chi connectivity index (χ1n) is 6.99. The maximum Gasteiger partial charge on any atom is 0.167 e. The molecule has 3 rings (SSSR count). The van der Waals surface area contributed by atoms with Crippen molar-refractivity contribution in [2.45, 2.75) is 25.3 Å². The van der Waals surface area contributed by atoms with Crippen LogP contribution in [0.15, 0.2) is 53.1 Å². The zero-order chi connectivity index (χ0) is 14.8. The summed E-state index contributed by atoms with van der Waals surface area (Å²) >= 11 is 5.94. The van der Waals surface area contributed by atoms with Gasteiger partial charge in [0.1, 0.15) is 0 Å². The number of para-hydroxylation sites is 1. The minimum absolute atomic E-state index is 0.0193. The lowest BCUT2D eigenvalue weighted by atomic mass is 9.89. The van der Waals surface area contributed by atoms with Crippen LogP contribution in [0, 0.1) is 0 Å². The summed E-state index contributed by atoms with van der Waals surface area (Å²) in [5, 5.41) is 6.02. The van der Waals surface area contributed by atoms with Gasteiger partial charge in [0.15, 0.2) is 5.58 Å². The number of rotatable bonds is 4. The summed E-state index contributed by atoms with van der Waals surface area (Å²) in [5.41, 5.74) is 9.10. The van der Waals surface area contributed by atoms with Crippen LogP contribution in [0.5, 0.6) is 0 Å². The topological polar surface area (TPSA) is 52.0 Å². The van der Waals surface area contributed by atoms with Crippen molar-refractivity contribution in [3.8, 4) is 0 Å². The van der Waals surface area contributed by atoms with Gasteiger partial charge in [0.2, 0.25) is 0 Å². The molecule has 4 heteroatoms. The molecule has 0 bridgehead atoms. The van der Waals surface area contributed by atoms with Gasteiger partial charge in [-0.25, -0.2) is 0 Å². The van der Waals surface area contributed by atoms with Crippen LogP contribution >= 0.6 is 11.6 Å². The van der Waals surface area contributed by atoms with Crippen LogP contribution in [0.25, 0.3) is 11.0 Å². The molecule has 3 nitrogen and oxygen atoms in total. The Kier molecular flexibility index (Phi) is 3.95. The first kappa shape index (κ1) is 14.1. The van der Waals surface area contributed by atoms with E-state index in [-0.39, 0.29) is 12.0 Å². The summed E-state index contributed by atoms with van der Waals surface area (Å²) in [4.78, 5) is 0. The maximum atomic E-state index is 6.19. The van der Waals surface area contributed by atoms with Gasteiger partial charge in [-0.3, -0.25) is 0 Å². The van der Waals surface area contributed by atoms with Gasteiger partial charge in [0, 0.05) is 22.4 Å². The van der Waals surface area contributed by atoms with Crippen LogP contribution in [0.2, 0.25) is 5.02 Å². The predicted molar refractivity (Wildman–Crippen MR) is 85.6 cm³/mol. The lowest BCUT2D eigenvalue weighted by Gasteiger charge is -2.19. The van der Waals surface area contributed by atoms with Gasteiger partial charge in [0.05, 0.1) is 5.69 Å². The van der Waals surface area contributed by atoms with Crippen molar-refractivity contribution in [2.75, 3.05) is 0 Å². The number of nitrogens with two attached hydrogens (primary N) is 1. The molecule has 2 N–H and O–H groups in total. The van der Waals surface area contributed by atoms with Gasteiger partial charge in [-0.05, 0) is 43.2 Å². The van der Waals surface area contributed by atoms with E-state index in [1.54, 1.807) is 0 Å². The Morgan fingerprint density at radius 2 is 1.86 bits per heavy atom. The van der Waals surface area contributed by atoms with Gasteiger partial charge >= 0.3 is 0 Å². The average molecular weight is 301 g/mol. The fourth-order valence-electron chi connectivity index (χ4n) is 2.58. The van der Waals surface area contributed by atoms with Crippen LogP contribution in [-0.4, -0.2) is 11.2 Å². The van der Waals surface area contributed by atoms with E-state index < -0.39 is 0 Å². The lowest BCUT2D eigenvalue weighted by Crippen LogP contribution is -2.26. The Bertz CT molecular complexity index is 734. The predicted octanol–water partition coefficient (Wildman–Crippen LogP) is 4.15. The van der Waals surface area contributed by atoms with Crippen LogP contribution in [-0.2, 0) is 6.42 Å². The molecule has 1 heterocycles. The molecular weight excluding hydrogens is 284 g/mol. The van der Waals surface area contributed by atoms with Crippen molar-refractivity contribution in [2.24, 2.45) is 5.73 Å². The quantitative estimate of drug-likeness (QED) is 0.787. The molecule has 0 aliphatic carbocycles. The monoisotopic (exact) mass is 300 g/mol. The second-order valence-electron chi connectivity index (χ2n) is 5.36. The number of hydrogen-bond donors (Lipinski definition) is 1. The van der Waals surface area contributed by atoms with E-state index in [1.165, 1.54) is 5.56 Å². The Labute approximate surface area is 128 Å². The SMILES string of the molecule is C[C@@H](N)[C@@H](Cc1ccc(Cl)cc1)c1noc2ccccc12. The van der Waals surface area contributed by atoms with Crippen molar-refractivity contribution in [1.82, 2.24) is 5.16 Å². The molecule has 108 valence electrons. The van der Waals surface area contributed by atoms with Gasteiger partial charge in [-0.2, -0.15) is 0 Å². The third-order valence-electron chi connectivity index (χ3n) is 3.76. The molecule has 0 spiro atoms. The number of halogens is 1. The largest absolute Gasteiger partial charge is 0.356 e. The van der Waals surface area contributed by atoms with Crippen LogP contribution in [0.3, 0.4) is 0 Å². The molecule has 0 saturated carbocycles. The molecule has 0 radical (unpaired) electrons. The third-order valence-corrected chi connectivity index (χ3v) is 4.01. The molecule has 0 aliphatic heterocycles. The third kappa shape index (κ3) is 2.94. The van der Waals surface area contributed by atoms with E-state index in [2.05, 4.69) is 5.16 Å². The molecule has 2 atom stereocenters. The highest BCUT2D eigenvalue weighted by Gasteiger charge is 2.23. The van der Waals surface area contributed by atoms with E-state index in [9.17, 15) is 0 Å². The van der Waals surface area contributed by atoms with Crippen LogP contribution in [0.1, 0.15) is 24.1 Å². The second-order valence-corrected chi connectivity index (χ2v) is 5.80. The first-order valence-corrected chi connectivity index (χ1v) is 7.37. The minimum Gasteiger partial charge on any atom is -0.356 e. The fourth-order valence-corrected chi connectivity index (χ4v) is 2.70. The van der Waals surface area contributed by atoms with Crippen LogP contribution in [0.4, 0.5) is 0 Å². The van der Waals surface area contributed by atoms with Crippen molar-refractivity contribution < 1.29 is 4.52 Å². The molecule has 0 unspecified atom stereocenters. The summed E-state index contributed by atoms with van der Waals surface area (Å²) < 4.78 is 5.41. The maximum absolute atomic E-state index is 6.19. The molecule has 0 amide bonds. The number of fused-ring (bicyclic) bond motifs is 1. The van der Waals surface area contributed by atoms with E-state index in [0.29, 0.717) is 0 Å². The fraction of sp³-hybridized carbons (Fsp3) is 0.235. The first-order chi connectivity index (χ1) is 10.1. The number of hydrogen-bond acceptors (Lipinski definition) is 3. The highest BCUT2D eigenvalue weighted by atomic mass is 35.5. The summed E-state index contributed by atoms with van der Waals surface area (Å²) in [6.45, 7) is 2.00. The van der Waals surface area contributed by atoms with E-state index >= 15 is 0 Å². The van der Waals surface area contributed by atoms with Gasteiger partial charge in [0.25, 0.3) is 0 Å². The summed E-state index contributed by atoms with van der Waals surface area (Å²) in [7, 11) is 0. The summed E-state index contributed by atoms with van der Waals surface area (Å²) in [6.07, 6.45) is 0.811. The average Bonchev–Trinajstić information content (AvgIpc) is 2.90. The lowest BCUT2D eigenvalue weighted by molar-refractivity contribution is 0.425.